The third-order valence-corrected chi connectivity index (χ3v) is 5.28. The molecule has 0 fully saturated rings. The molecule has 132 valence electrons. The molecule has 0 aliphatic rings. The van der Waals surface area contributed by atoms with Gasteiger partial charge in [-0.3, -0.25) is 0 Å². The summed E-state index contributed by atoms with van der Waals surface area (Å²) in [5, 5.41) is 2.77. The Morgan fingerprint density at radius 1 is 1.15 bits per heavy atom. The zero-order chi connectivity index (χ0) is 18.5. The van der Waals surface area contributed by atoms with E-state index < -0.39 is 0 Å². The van der Waals surface area contributed by atoms with Gasteiger partial charge in [0.25, 0.3) is 0 Å². The first kappa shape index (κ1) is 18.4. The van der Waals surface area contributed by atoms with Gasteiger partial charge in [0.2, 0.25) is 0 Å². The van der Waals surface area contributed by atoms with Crippen LogP contribution in [0.1, 0.15) is 21.6 Å². The number of amidine groups is 1. The average molecular weight is 381 g/mol. The molecule has 2 aromatic carbocycles. The molecule has 0 amide bonds. The highest BCUT2D eigenvalue weighted by molar-refractivity contribution is 7.09. The maximum atomic E-state index is 6.57. The van der Waals surface area contributed by atoms with Gasteiger partial charge in [0.15, 0.2) is 0 Å². The molecule has 3 aromatic rings. The Labute approximate surface area is 164 Å². The maximum absolute atomic E-state index is 6.57. The van der Waals surface area contributed by atoms with Crippen LogP contribution in [0.15, 0.2) is 77.7 Å². The van der Waals surface area contributed by atoms with Gasteiger partial charge in [-0.15, -0.1) is 11.3 Å². The number of benzene rings is 2. The Morgan fingerprint density at radius 3 is 2.62 bits per heavy atom. The van der Waals surface area contributed by atoms with E-state index in [1.807, 2.05) is 43.5 Å². The SMILES string of the molecule is C=CN(Cc1cccs1)/C(=N\c1ccccc1C)c1ccc(C)cc1Cl. The van der Waals surface area contributed by atoms with Crippen LogP contribution >= 0.6 is 22.9 Å². The van der Waals surface area contributed by atoms with E-state index in [1.54, 1.807) is 11.3 Å². The molecule has 0 saturated carbocycles. The Kier molecular flexibility index (Phi) is 5.92. The number of thiophene rings is 1. The molecule has 0 spiro atoms. The molecule has 0 bridgehead atoms. The summed E-state index contributed by atoms with van der Waals surface area (Å²) in [7, 11) is 0. The molecule has 0 aliphatic carbocycles. The van der Waals surface area contributed by atoms with Crippen molar-refractivity contribution in [3.05, 3.63) is 99.3 Å². The number of hydrogen-bond donors (Lipinski definition) is 0. The van der Waals surface area contributed by atoms with Crippen LogP contribution in [0.3, 0.4) is 0 Å². The van der Waals surface area contributed by atoms with Gasteiger partial charge < -0.3 is 4.90 Å². The summed E-state index contributed by atoms with van der Waals surface area (Å²) in [4.78, 5) is 8.25. The molecular formula is C22H21ClN2S. The third kappa shape index (κ3) is 4.24. The number of para-hydroxylation sites is 1. The molecule has 0 N–H and O–H groups in total. The van der Waals surface area contributed by atoms with Crippen molar-refractivity contribution in [2.24, 2.45) is 4.99 Å². The highest BCUT2D eigenvalue weighted by Crippen LogP contribution is 2.26. The van der Waals surface area contributed by atoms with Crippen LogP contribution in [-0.2, 0) is 6.54 Å². The van der Waals surface area contributed by atoms with Crippen molar-refractivity contribution in [1.82, 2.24) is 4.90 Å². The second kappa shape index (κ2) is 8.35. The molecular weight excluding hydrogens is 360 g/mol. The fourth-order valence-corrected chi connectivity index (χ4v) is 3.70. The summed E-state index contributed by atoms with van der Waals surface area (Å²) < 4.78 is 0. The van der Waals surface area contributed by atoms with Gasteiger partial charge in [0, 0.05) is 10.4 Å². The van der Waals surface area contributed by atoms with E-state index in [0.717, 1.165) is 28.2 Å². The minimum atomic E-state index is 0.690. The smallest absolute Gasteiger partial charge is 0.142 e. The molecule has 3 rings (SSSR count). The van der Waals surface area contributed by atoms with E-state index >= 15 is 0 Å². The zero-order valence-electron chi connectivity index (χ0n) is 14.9. The van der Waals surface area contributed by atoms with Crippen LogP contribution in [0.4, 0.5) is 5.69 Å². The number of aliphatic imine (C=N–C) groups is 1. The van der Waals surface area contributed by atoms with E-state index in [4.69, 9.17) is 16.6 Å². The van der Waals surface area contributed by atoms with Crippen LogP contribution < -0.4 is 0 Å². The number of halogens is 1. The summed E-state index contributed by atoms with van der Waals surface area (Å²) in [5.41, 5.74) is 4.07. The monoisotopic (exact) mass is 380 g/mol. The fourth-order valence-electron chi connectivity index (χ4n) is 2.68. The normalized spacial score (nSPS) is 11.4. The second-order valence-corrected chi connectivity index (χ2v) is 7.53. The van der Waals surface area contributed by atoms with Crippen LogP contribution in [0, 0.1) is 13.8 Å². The third-order valence-electron chi connectivity index (χ3n) is 4.11. The van der Waals surface area contributed by atoms with Crippen LogP contribution in [0.5, 0.6) is 0 Å². The lowest BCUT2D eigenvalue weighted by Gasteiger charge is -2.23. The number of hydrogen-bond acceptors (Lipinski definition) is 2. The minimum Gasteiger partial charge on any atom is -0.328 e. The summed E-state index contributed by atoms with van der Waals surface area (Å²) in [6.07, 6.45) is 1.81. The van der Waals surface area contributed by atoms with Gasteiger partial charge in [-0.2, -0.15) is 0 Å². The van der Waals surface area contributed by atoms with Gasteiger partial charge in [-0.05, 0) is 60.8 Å². The fraction of sp³-hybridized carbons (Fsp3) is 0.136. The van der Waals surface area contributed by atoms with Crippen LogP contribution in [-0.4, -0.2) is 10.7 Å². The summed E-state index contributed by atoms with van der Waals surface area (Å²) in [6, 6.07) is 18.3. The number of rotatable bonds is 5. The van der Waals surface area contributed by atoms with E-state index in [2.05, 4.69) is 48.0 Å². The molecule has 0 radical (unpaired) electrons. The first-order chi connectivity index (χ1) is 12.6. The number of aryl methyl sites for hydroxylation is 2. The minimum absolute atomic E-state index is 0.690. The first-order valence-corrected chi connectivity index (χ1v) is 9.66. The van der Waals surface area contributed by atoms with Gasteiger partial charge in [-0.25, -0.2) is 4.99 Å². The standard InChI is InChI=1S/C22H21ClN2S/c1-4-25(15-18-9-7-13-26-18)22(19-12-11-16(2)14-20(19)23)24-21-10-6-5-8-17(21)3/h4-14H,1,15H2,2-3H3/b24-22-. The Balaban J connectivity index is 2.11. The van der Waals surface area contributed by atoms with Crippen molar-refractivity contribution in [3.8, 4) is 0 Å². The molecule has 0 aliphatic heterocycles. The molecule has 2 nitrogen and oxygen atoms in total. The van der Waals surface area contributed by atoms with Crippen LogP contribution in [0.25, 0.3) is 0 Å². The molecule has 1 heterocycles. The highest BCUT2D eigenvalue weighted by atomic mass is 35.5. The molecule has 0 atom stereocenters. The van der Waals surface area contributed by atoms with Gasteiger partial charge >= 0.3 is 0 Å². The average Bonchev–Trinajstić information content (AvgIpc) is 3.13. The van der Waals surface area contributed by atoms with Gasteiger partial charge in [-0.1, -0.05) is 48.5 Å². The molecule has 1 aromatic heterocycles. The summed E-state index contributed by atoms with van der Waals surface area (Å²) in [6.45, 7) is 8.80. The summed E-state index contributed by atoms with van der Waals surface area (Å²) >= 11 is 8.29. The Morgan fingerprint density at radius 2 is 1.96 bits per heavy atom. The van der Waals surface area contributed by atoms with Crippen molar-refractivity contribution < 1.29 is 0 Å². The predicted octanol–water partition coefficient (Wildman–Crippen LogP) is 6.74. The lowest BCUT2D eigenvalue weighted by Crippen LogP contribution is -2.26. The van der Waals surface area contributed by atoms with E-state index in [0.29, 0.717) is 11.6 Å². The molecule has 4 heteroatoms. The van der Waals surface area contributed by atoms with Crippen molar-refractivity contribution in [1.29, 1.82) is 0 Å². The highest BCUT2D eigenvalue weighted by Gasteiger charge is 2.16. The molecule has 0 unspecified atom stereocenters. The van der Waals surface area contributed by atoms with E-state index in [-0.39, 0.29) is 0 Å². The largest absolute Gasteiger partial charge is 0.328 e. The Hall–Kier alpha value is -2.36. The zero-order valence-corrected chi connectivity index (χ0v) is 16.5. The lowest BCUT2D eigenvalue weighted by molar-refractivity contribution is 0.561. The van der Waals surface area contributed by atoms with Crippen molar-refractivity contribution in [2.75, 3.05) is 0 Å². The summed E-state index contributed by atoms with van der Waals surface area (Å²) in [5.74, 6) is 0.799. The maximum Gasteiger partial charge on any atom is 0.142 e. The lowest BCUT2D eigenvalue weighted by atomic mass is 10.1. The Bertz CT molecular complexity index is 929. The van der Waals surface area contributed by atoms with Crippen molar-refractivity contribution in [2.45, 2.75) is 20.4 Å². The van der Waals surface area contributed by atoms with Gasteiger partial charge in [0.1, 0.15) is 5.84 Å². The van der Waals surface area contributed by atoms with E-state index in [1.165, 1.54) is 4.88 Å². The van der Waals surface area contributed by atoms with Gasteiger partial charge in [0.05, 0.1) is 17.3 Å². The molecule has 0 saturated heterocycles. The van der Waals surface area contributed by atoms with Crippen molar-refractivity contribution in [3.63, 3.8) is 0 Å². The topological polar surface area (TPSA) is 15.6 Å². The van der Waals surface area contributed by atoms with Crippen molar-refractivity contribution >= 4 is 34.5 Å². The first-order valence-electron chi connectivity index (χ1n) is 8.41. The van der Waals surface area contributed by atoms with Crippen LogP contribution in [0.2, 0.25) is 5.02 Å². The predicted molar refractivity (Wildman–Crippen MR) is 114 cm³/mol. The number of nitrogens with zero attached hydrogens (tertiary/aromatic N) is 2. The molecule has 26 heavy (non-hydrogen) atoms. The quantitative estimate of drug-likeness (QED) is 0.353. The van der Waals surface area contributed by atoms with E-state index in [9.17, 15) is 0 Å². The second-order valence-electron chi connectivity index (χ2n) is 6.10.